The molecule has 0 aromatic heterocycles. The van der Waals surface area contributed by atoms with Crippen molar-refractivity contribution < 1.29 is 19.4 Å². The van der Waals surface area contributed by atoms with Crippen LogP contribution < -0.4 is 0 Å². The summed E-state index contributed by atoms with van der Waals surface area (Å²) < 4.78 is 5.64. The summed E-state index contributed by atoms with van der Waals surface area (Å²) in [5.41, 5.74) is 0.668. The second kappa shape index (κ2) is 7.72. The second-order valence-electron chi connectivity index (χ2n) is 6.94. The van der Waals surface area contributed by atoms with Gasteiger partial charge < -0.3 is 14.7 Å². The number of benzene rings is 3. The number of esters is 1. The molecule has 3 aromatic rings. The van der Waals surface area contributed by atoms with Crippen LogP contribution in [0.5, 0.6) is 5.75 Å². The lowest BCUT2D eigenvalue weighted by Gasteiger charge is -2.23. The van der Waals surface area contributed by atoms with E-state index in [2.05, 4.69) is 0 Å². The number of likely N-dealkylation sites (tertiary alicyclic amines) is 1. The highest BCUT2D eigenvalue weighted by Gasteiger charge is 2.31. The molecule has 0 saturated carbocycles. The standard InChI is InChI=1S/C23H21NO4/c25-20-15-18-11-5-4-10-17(18)14-19(20)23(27)28-21(16-8-2-1-3-9-16)22(26)24-12-6-7-13-24/h1-5,8-11,14-15,21,25H,6-7,12-13H2/t21-/m1/s1. The summed E-state index contributed by atoms with van der Waals surface area (Å²) in [5.74, 6) is -1.11. The van der Waals surface area contributed by atoms with E-state index in [0.717, 1.165) is 23.6 Å². The summed E-state index contributed by atoms with van der Waals surface area (Å²) >= 11 is 0. The molecule has 1 amide bonds. The van der Waals surface area contributed by atoms with Crippen molar-refractivity contribution in [2.24, 2.45) is 0 Å². The predicted octanol–water partition coefficient (Wildman–Crippen LogP) is 4.07. The summed E-state index contributed by atoms with van der Waals surface area (Å²) in [6, 6.07) is 19.6. The molecule has 0 radical (unpaired) electrons. The summed E-state index contributed by atoms with van der Waals surface area (Å²) in [6.45, 7) is 1.34. The number of phenolic OH excluding ortho intramolecular Hbond substituents is 1. The van der Waals surface area contributed by atoms with Crippen LogP contribution in [0.15, 0.2) is 66.7 Å². The van der Waals surface area contributed by atoms with Gasteiger partial charge in [-0.1, -0.05) is 54.6 Å². The van der Waals surface area contributed by atoms with E-state index in [0.29, 0.717) is 18.7 Å². The Morgan fingerprint density at radius 1 is 0.893 bits per heavy atom. The topological polar surface area (TPSA) is 66.8 Å². The van der Waals surface area contributed by atoms with Crippen molar-refractivity contribution in [2.75, 3.05) is 13.1 Å². The van der Waals surface area contributed by atoms with Crippen molar-refractivity contribution in [2.45, 2.75) is 18.9 Å². The molecule has 1 N–H and O–H groups in total. The fourth-order valence-corrected chi connectivity index (χ4v) is 3.55. The zero-order valence-electron chi connectivity index (χ0n) is 15.4. The Bertz CT molecular complexity index is 1010. The molecule has 142 valence electrons. The van der Waals surface area contributed by atoms with Gasteiger partial charge in [0.1, 0.15) is 11.3 Å². The maximum absolute atomic E-state index is 13.0. The Kier molecular flexibility index (Phi) is 4.98. The molecular formula is C23H21NO4. The Morgan fingerprint density at radius 2 is 1.50 bits per heavy atom. The van der Waals surface area contributed by atoms with Crippen LogP contribution in [-0.2, 0) is 9.53 Å². The number of hydrogen-bond acceptors (Lipinski definition) is 4. The first kappa shape index (κ1) is 18.0. The van der Waals surface area contributed by atoms with E-state index in [4.69, 9.17) is 4.74 Å². The first-order chi connectivity index (χ1) is 13.6. The number of aromatic hydroxyl groups is 1. The third kappa shape index (κ3) is 3.56. The molecule has 1 heterocycles. The van der Waals surface area contributed by atoms with Crippen LogP contribution >= 0.6 is 0 Å². The lowest BCUT2D eigenvalue weighted by molar-refractivity contribution is -0.140. The first-order valence-electron chi connectivity index (χ1n) is 9.40. The number of nitrogens with zero attached hydrogens (tertiary/aromatic N) is 1. The van der Waals surface area contributed by atoms with Gasteiger partial charge in [-0.25, -0.2) is 4.79 Å². The monoisotopic (exact) mass is 375 g/mol. The van der Waals surface area contributed by atoms with E-state index < -0.39 is 12.1 Å². The van der Waals surface area contributed by atoms with Crippen molar-refractivity contribution in [3.63, 3.8) is 0 Å². The second-order valence-corrected chi connectivity index (χ2v) is 6.94. The fourth-order valence-electron chi connectivity index (χ4n) is 3.55. The van der Waals surface area contributed by atoms with Crippen LogP contribution in [-0.4, -0.2) is 35.0 Å². The minimum absolute atomic E-state index is 0.0499. The van der Waals surface area contributed by atoms with Gasteiger partial charge in [-0.15, -0.1) is 0 Å². The molecule has 1 fully saturated rings. The summed E-state index contributed by atoms with van der Waals surface area (Å²) in [4.78, 5) is 27.6. The smallest absolute Gasteiger partial charge is 0.343 e. The Hall–Kier alpha value is -3.34. The molecule has 1 aliphatic rings. The SMILES string of the molecule is O=C(O[C@@H](C(=O)N1CCCC1)c1ccccc1)c1cc2ccccc2cc1O. The van der Waals surface area contributed by atoms with Gasteiger partial charge in [0.2, 0.25) is 6.10 Å². The maximum atomic E-state index is 13.0. The average Bonchev–Trinajstić information content (AvgIpc) is 3.26. The Balaban J connectivity index is 1.65. The van der Waals surface area contributed by atoms with Gasteiger partial charge in [0.15, 0.2) is 0 Å². The minimum atomic E-state index is -1.03. The molecule has 0 aliphatic carbocycles. The summed E-state index contributed by atoms with van der Waals surface area (Å²) in [7, 11) is 0. The summed E-state index contributed by atoms with van der Waals surface area (Å²) in [5, 5.41) is 12.0. The van der Waals surface area contributed by atoms with E-state index in [-0.39, 0.29) is 17.2 Å². The molecule has 1 saturated heterocycles. The molecule has 5 heteroatoms. The molecule has 1 aliphatic heterocycles. The lowest BCUT2D eigenvalue weighted by Crippen LogP contribution is -2.34. The molecule has 28 heavy (non-hydrogen) atoms. The third-order valence-corrected chi connectivity index (χ3v) is 5.05. The van der Waals surface area contributed by atoms with Crippen LogP contribution in [0, 0.1) is 0 Å². The molecule has 4 rings (SSSR count). The molecule has 3 aromatic carbocycles. The van der Waals surface area contributed by atoms with Crippen LogP contribution in [0.25, 0.3) is 10.8 Å². The zero-order chi connectivity index (χ0) is 19.5. The third-order valence-electron chi connectivity index (χ3n) is 5.05. The highest BCUT2D eigenvalue weighted by molar-refractivity contribution is 5.99. The number of amides is 1. The van der Waals surface area contributed by atoms with Crippen molar-refractivity contribution in [3.05, 3.63) is 77.9 Å². The number of fused-ring (bicyclic) bond motifs is 1. The quantitative estimate of drug-likeness (QED) is 0.698. The lowest BCUT2D eigenvalue weighted by atomic mass is 10.1. The first-order valence-corrected chi connectivity index (χ1v) is 9.40. The average molecular weight is 375 g/mol. The number of carbonyl (C=O) groups excluding carboxylic acids is 2. The molecule has 0 spiro atoms. The Labute approximate surface area is 163 Å². The van der Waals surface area contributed by atoms with Crippen molar-refractivity contribution in [3.8, 4) is 5.75 Å². The van der Waals surface area contributed by atoms with E-state index in [1.165, 1.54) is 6.07 Å². The highest BCUT2D eigenvalue weighted by atomic mass is 16.5. The normalized spacial score (nSPS) is 14.8. The highest BCUT2D eigenvalue weighted by Crippen LogP contribution is 2.29. The number of rotatable bonds is 4. The minimum Gasteiger partial charge on any atom is -0.507 e. The van der Waals surface area contributed by atoms with Crippen LogP contribution in [0.3, 0.4) is 0 Å². The van der Waals surface area contributed by atoms with Gasteiger partial charge in [0.25, 0.3) is 5.91 Å². The summed E-state index contributed by atoms with van der Waals surface area (Å²) in [6.07, 6.45) is 0.872. The molecule has 0 bridgehead atoms. The number of hydrogen-bond donors (Lipinski definition) is 1. The van der Waals surface area contributed by atoms with Gasteiger partial charge in [0, 0.05) is 18.7 Å². The van der Waals surface area contributed by atoms with E-state index in [1.807, 2.05) is 30.3 Å². The van der Waals surface area contributed by atoms with Crippen LogP contribution in [0.4, 0.5) is 0 Å². The van der Waals surface area contributed by atoms with Crippen LogP contribution in [0.1, 0.15) is 34.9 Å². The van der Waals surface area contributed by atoms with Gasteiger partial charge in [-0.2, -0.15) is 0 Å². The number of phenols is 1. The van der Waals surface area contributed by atoms with E-state index in [9.17, 15) is 14.7 Å². The van der Waals surface area contributed by atoms with Gasteiger partial charge >= 0.3 is 5.97 Å². The molecule has 0 unspecified atom stereocenters. The maximum Gasteiger partial charge on any atom is 0.343 e. The van der Waals surface area contributed by atoms with Crippen LogP contribution in [0.2, 0.25) is 0 Å². The largest absolute Gasteiger partial charge is 0.507 e. The zero-order valence-corrected chi connectivity index (χ0v) is 15.4. The van der Waals surface area contributed by atoms with Gasteiger partial charge in [-0.05, 0) is 35.7 Å². The van der Waals surface area contributed by atoms with E-state index in [1.54, 1.807) is 35.2 Å². The predicted molar refractivity (Wildman–Crippen MR) is 106 cm³/mol. The fraction of sp³-hybridized carbons (Fsp3) is 0.217. The molecule has 1 atom stereocenters. The van der Waals surface area contributed by atoms with Crippen molar-refractivity contribution >= 4 is 22.6 Å². The number of ether oxygens (including phenoxy) is 1. The van der Waals surface area contributed by atoms with Crippen molar-refractivity contribution in [1.82, 2.24) is 4.90 Å². The molecular weight excluding hydrogens is 354 g/mol. The molecule has 5 nitrogen and oxygen atoms in total. The van der Waals surface area contributed by atoms with Gasteiger partial charge in [-0.3, -0.25) is 4.79 Å². The Morgan fingerprint density at radius 3 is 2.18 bits per heavy atom. The van der Waals surface area contributed by atoms with Crippen molar-refractivity contribution in [1.29, 1.82) is 0 Å². The van der Waals surface area contributed by atoms with E-state index >= 15 is 0 Å². The van der Waals surface area contributed by atoms with Gasteiger partial charge in [0.05, 0.1) is 0 Å². The number of carbonyl (C=O) groups is 2.